The summed E-state index contributed by atoms with van der Waals surface area (Å²) in [6.45, 7) is 2.63. The minimum Gasteiger partial charge on any atom is -0.322 e. The summed E-state index contributed by atoms with van der Waals surface area (Å²) in [6, 6.07) is 14.7. The highest BCUT2D eigenvalue weighted by Gasteiger charge is 2.26. The number of rotatable bonds is 6. The molecular formula is C21H26N2O3S. The number of amides is 1. The van der Waals surface area contributed by atoms with E-state index in [1.165, 1.54) is 9.87 Å². The van der Waals surface area contributed by atoms with E-state index in [0.717, 1.165) is 31.4 Å². The van der Waals surface area contributed by atoms with Crippen molar-refractivity contribution >= 4 is 27.3 Å². The maximum absolute atomic E-state index is 12.6. The Kier molecular flexibility index (Phi) is 6.16. The van der Waals surface area contributed by atoms with Gasteiger partial charge in [-0.1, -0.05) is 31.5 Å². The van der Waals surface area contributed by atoms with E-state index in [4.69, 9.17) is 0 Å². The predicted molar refractivity (Wildman–Crippen MR) is 110 cm³/mol. The number of hydrogen-bond donors (Lipinski definition) is 1. The molecule has 1 amide bonds. The first-order valence-electron chi connectivity index (χ1n) is 9.50. The Balaban J connectivity index is 1.72. The third-order valence-corrected chi connectivity index (χ3v) is 6.65. The van der Waals surface area contributed by atoms with Crippen LogP contribution in [0.25, 0.3) is 0 Å². The number of carbonyl (C=O) groups is 1. The fraction of sp³-hybridized carbons (Fsp3) is 0.381. The fourth-order valence-electron chi connectivity index (χ4n) is 3.22. The zero-order valence-electron chi connectivity index (χ0n) is 15.6. The van der Waals surface area contributed by atoms with Crippen LogP contribution >= 0.6 is 0 Å². The van der Waals surface area contributed by atoms with Crippen LogP contribution in [0.15, 0.2) is 48.5 Å². The zero-order chi connectivity index (χ0) is 19.3. The highest BCUT2D eigenvalue weighted by atomic mass is 32.2. The predicted octanol–water partition coefficient (Wildman–Crippen LogP) is 4.21. The lowest BCUT2D eigenvalue weighted by molar-refractivity contribution is 0.102. The van der Waals surface area contributed by atoms with Gasteiger partial charge in [-0.2, -0.15) is 0 Å². The lowest BCUT2D eigenvalue weighted by Gasteiger charge is -2.28. The van der Waals surface area contributed by atoms with Crippen LogP contribution in [0, 0.1) is 0 Å². The first-order valence-corrected chi connectivity index (χ1v) is 11.1. The molecular weight excluding hydrogens is 360 g/mol. The largest absolute Gasteiger partial charge is 0.322 e. The fourth-order valence-corrected chi connectivity index (χ4v) is 4.85. The van der Waals surface area contributed by atoms with Gasteiger partial charge in [0.05, 0.1) is 11.4 Å². The molecule has 2 aromatic rings. The van der Waals surface area contributed by atoms with Crippen LogP contribution in [0.5, 0.6) is 0 Å². The van der Waals surface area contributed by atoms with Crippen molar-refractivity contribution in [3.05, 3.63) is 59.7 Å². The van der Waals surface area contributed by atoms with Crippen molar-refractivity contribution < 1.29 is 13.2 Å². The van der Waals surface area contributed by atoms with Crippen LogP contribution in [-0.4, -0.2) is 26.6 Å². The molecule has 1 fully saturated rings. The molecule has 0 saturated carbocycles. The van der Waals surface area contributed by atoms with Gasteiger partial charge in [-0.25, -0.2) is 8.42 Å². The Morgan fingerprint density at radius 1 is 1.11 bits per heavy atom. The molecule has 144 valence electrons. The summed E-state index contributed by atoms with van der Waals surface area (Å²) in [4.78, 5) is 12.6. The molecule has 1 N–H and O–H groups in total. The summed E-state index contributed by atoms with van der Waals surface area (Å²) in [6.07, 6.45) is 4.86. The molecule has 1 heterocycles. The monoisotopic (exact) mass is 386 g/mol. The standard InChI is InChI=1S/C21H26N2O3S/c1-2-3-7-17-10-12-19(13-11-17)22-21(24)18-8-6-9-20(16-18)23-14-4-5-15-27(23,25)26/h6,8-13,16H,2-5,7,14-15H2,1H3,(H,22,24). The number of sulfonamides is 1. The van der Waals surface area contributed by atoms with Crippen LogP contribution in [0.1, 0.15) is 48.5 Å². The Morgan fingerprint density at radius 2 is 1.89 bits per heavy atom. The number of hydrogen-bond acceptors (Lipinski definition) is 3. The summed E-state index contributed by atoms with van der Waals surface area (Å²) < 4.78 is 26.0. The molecule has 0 spiro atoms. The van der Waals surface area contributed by atoms with Crippen molar-refractivity contribution in [2.75, 3.05) is 21.9 Å². The van der Waals surface area contributed by atoms with Crippen molar-refractivity contribution in [3.8, 4) is 0 Å². The summed E-state index contributed by atoms with van der Waals surface area (Å²) in [5.41, 5.74) is 2.99. The smallest absolute Gasteiger partial charge is 0.255 e. The lowest BCUT2D eigenvalue weighted by Crippen LogP contribution is -2.37. The highest BCUT2D eigenvalue weighted by molar-refractivity contribution is 7.92. The van der Waals surface area contributed by atoms with Gasteiger partial charge in [-0.3, -0.25) is 9.10 Å². The molecule has 27 heavy (non-hydrogen) atoms. The van der Waals surface area contributed by atoms with Gasteiger partial charge < -0.3 is 5.32 Å². The zero-order valence-corrected chi connectivity index (χ0v) is 16.5. The molecule has 0 bridgehead atoms. The average Bonchev–Trinajstić information content (AvgIpc) is 2.67. The van der Waals surface area contributed by atoms with Gasteiger partial charge in [0.2, 0.25) is 10.0 Å². The van der Waals surface area contributed by atoms with Crippen molar-refractivity contribution in [2.45, 2.75) is 39.0 Å². The lowest BCUT2D eigenvalue weighted by atomic mass is 10.1. The Morgan fingerprint density at radius 3 is 2.59 bits per heavy atom. The summed E-state index contributed by atoms with van der Waals surface area (Å²) in [7, 11) is -3.29. The second-order valence-electron chi connectivity index (χ2n) is 6.90. The number of benzene rings is 2. The number of nitrogens with one attached hydrogen (secondary N) is 1. The average molecular weight is 387 g/mol. The molecule has 0 unspecified atom stereocenters. The third-order valence-electron chi connectivity index (χ3n) is 4.78. The second-order valence-corrected chi connectivity index (χ2v) is 8.91. The maximum atomic E-state index is 12.6. The van der Waals surface area contributed by atoms with Gasteiger partial charge in [0.1, 0.15) is 0 Å². The Hall–Kier alpha value is -2.34. The van der Waals surface area contributed by atoms with Crippen LogP contribution in [0.2, 0.25) is 0 Å². The van der Waals surface area contributed by atoms with E-state index in [9.17, 15) is 13.2 Å². The highest BCUT2D eigenvalue weighted by Crippen LogP contribution is 2.24. The van der Waals surface area contributed by atoms with Gasteiger partial charge in [0.25, 0.3) is 5.91 Å². The molecule has 2 aromatic carbocycles. The van der Waals surface area contributed by atoms with Gasteiger partial charge in [0.15, 0.2) is 0 Å². The molecule has 0 radical (unpaired) electrons. The third kappa shape index (κ3) is 4.89. The summed E-state index contributed by atoms with van der Waals surface area (Å²) in [5, 5.41) is 2.89. The molecule has 1 saturated heterocycles. The van der Waals surface area contributed by atoms with Crippen LogP contribution in [0.3, 0.4) is 0 Å². The minimum absolute atomic E-state index is 0.161. The molecule has 0 aliphatic carbocycles. The van der Waals surface area contributed by atoms with Crippen molar-refractivity contribution in [1.29, 1.82) is 0 Å². The SMILES string of the molecule is CCCCc1ccc(NC(=O)c2cccc(N3CCCCS3(=O)=O)c2)cc1. The number of nitrogens with zero attached hydrogens (tertiary/aromatic N) is 1. The number of anilines is 2. The first-order chi connectivity index (χ1) is 13.0. The van der Waals surface area contributed by atoms with E-state index in [2.05, 4.69) is 12.2 Å². The Labute approximate surface area is 161 Å². The number of unbranched alkanes of at least 4 members (excludes halogenated alkanes) is 1. The van der Waals surface area contributed by atoms with Crippen molar-refractivity contribution in [1.82, 2.24) is 0 Å². The van der Waals surface area contributed by atoms with Crippen LogP contribution in [0.4, 0.5) is 11.4 Å². The summed E-state index contributed by atoms with van der Waals surface area (Å²) in [5.74, 6) is -0.0825. The van der Waals surface area contributed by atoms with Gasteiger partial charge in [0, 0.05) is 17.8 Å². The van der Waals surface area contributed by atoms with E-state index in [0.29, 0.717) is 24.2 Å². The van der Waals surface area contributed by atoms with Crippen LogP contribution < -0.4 is 9.62 Å². The van der Waals surface area contributed by atoms with Crippen molar-refractivity contribution in [3.63, 3.8) is 0 Å². The quantitative estimate of drug-likeness (QED) is 0.809. The molecule has 1 aliphatic rings. The topological polar surface area (TPSA) is 66.5 Å². The van der Waals surface area contributed by atoms with Gasteiger partial charge >= 0.3 is 0 Å². The van der Waals surface area contributed by atoms with Gasteiger partial charge in [-0.05, 0) is 61.6 Å². The maximum Gasteiger partial charge on any atom is 0.255 e. The van der Waals surface area contributed by atoms with E-state index in [1.807, 2.05) is 24.3 Å². The molecule has 0 aromatic heterocycles. The van der Waals surface area contributed by atoms with E-state index in [1.54, 1.807) is 24.3 Å². The molecule has 3 rings (SSSR count). The van der Waals surface area contributed by atoms with E-state index >= 15 is 0 Å². The second kappa shape index (κ2) is 8.57. The van der Waals surface area contributed by atoms with Gasteiger partial charge in [-0.15, -0.1) is 0 Å². The first kappa shape index (κ1) is 19.4. The van der Waals surface area contributed by atoms with Crippen LogP contribution in [-0.2, 0) is 16.4 Å². The van der Waals surface area contributed by atoms with Crippen molar-refractivity contribution in [2.24, 2.45) is 0 Å². The molecule has 1 aliphatic heterocycles. The number of carbonyl (C=O) groups excluding carboxylic acids is 1. The van der Waals surface area contributed by atoms with E-state index < -0.39 is 10.0 Å². The number of aryl methyl sites for hydroxylation is 1. The summed E-state index contributed by atoms with van der Waals surface area (Å²) >= 11 is 0. The van der Waals surface area contributed by atoms with E-state index in [-0.39, 0.29) is 11.7 Å². The molecule has 0 atom stereocenters. The molecule has 6 heteroatoms. The normalized spacial score (nSPS) is 16.1. The Bertz CT molecular complexity index is 892. The molecule has 5 nitrogen and oxygen atoms in total. The minimum atomic E-state index is -3.29.